The molecule has 9 nitrogen and oxygen atoms in total. The number of carbonyl (C=O) groups is 5. The van der Waals surface area contributed by atoms with E-state index in [0.717, 1.165) is 19.8 Å². The molecule has 0 saturated heterocycles. The van der Waals surface area contributed by atoms with Gasteiger partial charge in [-0.3, -0.25) is 24.0 Å². The number of carboxylic acids is 1. The number of hydrogen-bond acceptors (Lipinski definition) is 7. The number of ether oxygens (including phenoxy) is 2. The van der Waals surface area contributed by atoms with Crippen LogP contribution in [0, 0.1) is 11.8 Å². The van der Waals surface area contributed by atoms with E-state index < -0.39 is 60.5 Å². The zero-order chi connectivity index (χ0) is 19.0. The third-order valence-corrected chi connectivity index (χ3v) is 4.11. The Balaban J connectivity index is 2.81. The van der Waals surface area contributed by atoms with Crippen LogP contribution >= 0.6 is 0 Å². The Morgan fingerprint density at radius 2 is 1.72 bits per heavy atom. The van der Waals surface area contributed by atoms with Gasteiger partial charge < -0.3 is 19.9 Å². The summed E-state index contributed by atoms with van der Waals surface area (Å²) in [6.07, 6.45) is 1.84. The van der Waals surface area contributed by atoms with Crippen molar-refractivity contribution in [3.63, 3.8) is 0 Å². The van der Waals surface area contributed by atoms with Gasteiger partial charge in [-0.2, -0.15) is 0 Å². The molecule has 3 unspecified atom stereocenters. The monoisotopic (exact) mass is 357 g/mol. The standard InChI is InChI=1S/C16H23NO8/c1-9(18)25-8-13(19)12(7-14(20)21)17-15(22)10-5-3-4-6-11(10)16(23)24-2/h10-12H,3-8H2,1-2H3,(H,17,22)(H,20,21). The maximum absolute atomic E-state index is 12.5. The highest BCUT2D eigenvalue weighted by molar-refractivity contribution is 5.94. The van der Waals surface area contributed by atoms with Crippen molar-refractivity contribution in [2.24, 2.45) is 11.8 Å². The van der Waals surface area contributed by atoms with Gasteiger partial charge in [0.1, 0.15) is 6.04 Å². The van der Waals surface area contributed by atoms with Crippen molar-refractivity contribution in [2.75, 3.05) is 13.7 Å². The summed E-state index contributed by atoms with van der Waals surface area (Å²) in [5.74, 6) is -5.07. The normalized spacial score (nSPS) is 20.9. The quantitative estimate of drug-likeness (QED) is 0.582. The van der Waals surface area contributed by atoms with Crippen molar-refractivity contribution < 1.29 is 38.6 Å². The van der Waals surface area contributed by atoms with E-state index in [1.165, 1.54) is 7.11 Å². The highest BCUT2D eigenvalue weighted by Gasteiger charge is 2.38. The minimum atomic E-state index is -1.33. The van der Waals surface area contributed by atoms with Crippen LogP contribution in [0.25, 0.3) is 0 Å². The van der Waals surface area contributed by atoms with Gasteiger partial charge in [0.2, 0.25) is 5.91 Å². The lowest BCUT2D eigenvalue weighted by atomic mass is 9.78. The third-order valence-electron chi connectivity index (χ3n) is 4.11. The van der Waals surface area contributed by atoms with Gasteiger partial charge in [0, 0.05) is 6.92 Å². The van der Waals surface area contributed by atoms with Crippen molar-refractivity contribution in [2.45, 2.75) is 45.1 Å². The molecular formula is C16H23NO8. The molecule has 1 saturated carbocycles. The highest BCUT2D eigenvalue weighted by atomic mass is 16.5. The zero-order valence-electron chi connectivity index (χ0n) is 14.3. The van der Waals surface area contributed by atoms with Crippen LogP contribution in [-0.4, -0.2) is 54.5 Å². The number of hydrogen-bond donors (Lipinski definition) is 2. The molecule has 3 atom stereocenters. The number of aliphatic carboxylic acids is 1. The topological polar surface area (TPSA) is 136 Å². The summed E-state index contributed by atoms with van der Waals surface area (Å²) in [6, 6.07) is -1.33. The van der Waals surface area contributed by atoms with Crippen LogP contribution in [0.4, 0.5) is 0 Å². The van der Waals surface area contributed by atoms with Crippen molar-refractivity contribution in [1.82, 2.24) is 5.32 Å². The van der Waals surface area contributed by atoms with E-state index in [1.807, 2.05) is 0 Å². The molecule has 1 amide bonds. The van der Waals surface area contributed by atoms with E-state index in [9.17, 15) is 24.0 Å². The molecule has 1 aliphatic carbocycles. The fourth-order valence-corrected chi connectivity index (χ4v) is 2.85. The van der Waals surface area contributed by atoms with Gasteiger partial charge in [-0.05, 0) is 12.8 Å². The molecule has 0 spiro atoms. The summed E-state index contributed by atoms with van der Waals surface area (Å²) in [6.45, 7) is 0.486. The predicted molar refractivity (Wildman–Crippen MR) is 83.3 cm³/mol. The first kappa shape index (κ1) is 20.6. The summed E-state index contributed by atoms with van der Waals surface area (Å²) in [5, 5.41) is 11.3. The molecule has 0 aliphatic heterocycles. The molecule has 2 N–H and O–H groups in total. The molecular weight excluding hydrogens is 334 g/mol. The van der Waals surface area contributed by atoms with E-state index in [-0.39, 0.29) is 0 Å². The van der Waals surface area contributed by atoms with Crippen LogP contribution in [-0.2, 0) is 33.4 Å². The summed E-state index contributed by atoms with van der Waals surface area (Å²) >= 11 is 0. The third kappa shape index (κ3) is 6.52. The summed E-state index contributed by atoms with van der Waals surface area (Å²) < 4.78 is 9.28. The van der Waals surface area contributed by atoms with Gasteiger partial charge >= 0.3 is 17.9 Å². The van der Waals surface area contributed by atoms with Crippen molar-refractivity contribution in [3.8, 4) is 0 Å². The van der Waals surface area contributed by atoms with E-state index in [0.29, 0.717) is 12.8 Å². The van der Waals surface area contributed by atoms with E-state index >= 15 is 0 Å². The number of nitrogens with one attached hydrogen (secondary N) is 1. The number of Topliss-reactive ketones (excluding diaryl/α,β-unsaturated/α-hetero) is 1. The molecule has 0 heterocycles. The Hall–Kier alpha value is -2.45. The second-order valence-corrected chi connectivity index (χ2v) is 5.93. The first-order valence-corrected chi connectivity index (χ1v) is 8.02. The fraction of sp³-hybridized carbons (Fsp3) is 0.688. The number of carboxylic acid groups (broad SMARTS) is 1. The zero-order valence-corrected chi connectivity index (χ0v) is 14.3. The number of methoxy groups -OCH3 is 1. The lowest BCUT2D eigenvalue weighted by molar-refractivity contribution is -0.153. The van der Waals surface area contributed by atoms with Crippen molar-refractivity contribution in [1.29, 1.82) is 0 Å². The van der Waals surface area contributed by atoms with Gasteiger partial charge in [0.15, 0.2) is 12.4 Å². The average Bonchev–Trinajstić information content (AvgIpc) is 2.57. The number of rotatable bonds is 8. The molecule has 9 heteroatoms. The SMILES string of the molecule is COC(=O)C1CCCCC1C(=O)NC(CC(=O)O)C(=O)COC(C)=O. The minimum absolute atomic E-state index is 0.448. The fourth-order valence-electron chi connectivity index (χ4n) is 2.85. The lowest BCUT2D eigenvalue weighted by Gasteiger charge is -2.29. The van der Waals surface area contributed by atoms with Crippen LogP contribution in [0.2, 0.25) is 0 Å². The molecule has 1 aliphatic rings. The first-order valence-electron chi connectivity index (χ1n) is 8.02. The van der Waals surface area contributed by atoms with Gasteiger partial charge in [0.25, 0.3) is 0 Å². The number of esters is 2. The molecule has 140 valence electrons. The first-order chi connectivity index (χ1) is 11.8. The Morgan fingerprint density at radius 1 is 1.12 bits per heavy atom. The maximum atomic E-state index is 12.5. The van der Waals surface area contributed by atoms with E-state index in [1.54, 1.807) is 0 Å². The van der Waals surface area contributed by atoms with Crippen LogP contribution in [0.5, 0.6) is 0 Å². The summed E-state index contributed by atoms with van der Waals surface area (Å²) in [7, 11) is 1.24. The summed E-state index contributed by atoms with van der Waals surface area (Å²) in [5.41, 5.74) is 0. The van der Waals surface area contributed by atoms with Gasteiger partial charge in [-0.15, -0.1) is 0 Å². The number of carbonyl (C=O) groups excluding carboxylic acids is 4. The van der Waals surface area contributed by atoms with Gasteiger partial charge in [0.05, 0.1) is 25.4 Å². The van der Waals surface area contributed by atoms with Crippen LogP contribution in [0.1, 0.15) is 39.0 Å². The Morgan fingerprint density at radius 3 is 2.24 bits per heavy atom. The smallest absolute Gasteiger partial charge is 0.309 e. The van der Waals surface area contributed by atoms with Gasteiger partial charge in [-0.1, -0.05) is 12.8 Å². The highest BCUT2D eigenvalue weighted by Crippen LogP contribution is 2.31. The average molecular weight is 357 g/mol. The van der Waals surface area contributed by atoms with Gasteiger partial charge in [-0.25, -0.2) is 0 Å². The second kappa shape index (κ2) is 9.75. The number of ketones is 1. The molecule has 0 aromatic carbocycles. The molecule has 1 fully saturated rings. The van der Waals surface area contributed by atoms with E-state index in [2.05, 4.69) is 10.1 Å². The Labute approximate surface area is 145 Å². The molecule has 0 radical (unpaired) electrons. The predicted octanol–water partition coefficient (Wildman–Crippen LogP) is 0.0575. The maximum Gasteiger partial charge on any atom is 0.309 e. The van der Waals surface area contributed by atoms with Crippen LogP contribution in [0.3, 0.4) is 0 Å². The lowest BCUT2D eigenvalue weighted by Crippen LogP contribution is -2.49. The molecule has 0 bridgehead atoms. The second-order valence-electron chi connectivity index (χ2n) is 5.93. The van der Waals surface area contributed by atoms with Crippen molar-refractivity contribution in [3.05, 3.63) is 0 Å². The van der Waals surface area contributed by atoms with E-state index in [4.69, 9.17) is 9.84 Å². The van der Waals surface area contributed by atoms with Crippen molar-refractivity contribution >= 4 is 29.6 Å². The van der Waals surface area contributed by atoms with Crippen LogP contribution < -0.4 is 5.32 Å². The Bertz CT molecular complexity index is 544. The Kier molecular flexibility index (Phi) is 8.03. The minimum Gasteiger partial charge on any atom is -0.481 e. The molecule has 0 aromatic heterocycles. The number of amides is 1. The largest absolute Gasteiger partial charge is 0.481 e. The molecule has 0 aromatic rings. The molecule has 1 rings (SSSR count). The van der Waals surface area contributed by atoms with Crippen LogP contribution in [0.15, 0.2) is 0 Å². The summed E-state index contributed by atoms with van der Waals surface area (Å²) in [4.78, 5) is 58.1. The molecule has 25 heavy (non-hydrogen) atoms.